The van der Waals surface area contributed by atoms with Crippen LogP contribution in [0, 0.1) is 5.41 Å². The van der Waals surface area contributed by atoms with Gasteiger partial charge in [-0.05, 0) is 25.1 Å². The number of carbonyl (C=O) groups is 3. The second-order valence-corrected chi connectivity index (χ2v) is 6.87. The van der Waals surface area contributed by atoms with E-state index in [2.05, 4.69) is 5.32 Å². The molecule has 2 aliphatic rings. The summed E-state index contributed by atoms with van der Waals surface area (Å²) in [5.41, 5.74) is 0.594. The fourth-order valence-electron chi connectivity index (χ4n) is 3.77. The number of carbonyl (C=O) groups excluding carboxylic acids is 3. The van der Waals surface area contributed by atoms with Gasteiger partial charge in [0, 0.05) is 24.2 Å². The second-order valence-electron chi connectivity index (χ2n) is 6.87. The van der Waals surface area contributed by atoms with E-state index in [0.29, 0.717) is 29.8 Å². The van der Waals surface area contributed by atoms with E-state index in [1.54, 1.807) is 41.3 Å². The Labute approximate surface area is 145 Å². The molecule has 2 aliphatic heterocycles. The Kier molecular flexibility index (Phi) is 3.46. The van der Waals surface area contributed by atoms with Crippen LogP contribution in [-0.2, 0) is 0 Å². The Balaban J connectivity index is 1.70. The van der Waals surface area contributed by atoms with E-state index in [0.717, 1.165) is 0 Å². The molecular formula is C20H18N2O3. The van der Waals surface area contributed by atoms with Gasteiger partial charge in [-0.25, -0.2) is 0 Å². The quantitative estimate of drug-likeness (QED) is 0.869. The van der Waals surface area contributed by atoms with Crippen molar-refractivity contribution >= 4 is 17.6 Å². The van der Waals surface area contributed by atoms with E-state index in [4.69, 9.17) is 0 Å². The van der Waals surface area contributed by atoms with Gasteiger partial charge in [-0.15, -0.1) is 0 Å². The summed E-state index contributed by atoms with van der Waals surface area (Å²) in [6, 6.07) is 15.5. The number of benzene rings is 2. The zero-order chi connectivity index (χ0) is 17.6. The molecule has 5 heteroatoms. The first-order chi connectivity index (χ1) is 12.0. The fraction of sp³-hybridized carbons (Fsp3) is 0.250. The van der Waals surface area contributed by atoms with Gasteiger partial charge >= 0.3 is 0 Å². The summed E-state index contributed by atoms with van der Waals surface area (Å²) < 4.78 is 0. The molecule has 0 radical (unpaired) electrons. The molecule has 0 spiro atoms. The molecule has 25 heavy (non-hydrogen) atoms. The predicted molar refractivity (Wildman–Crippen MR) is 92.5 cm³/mol. The van der Waals surface area contributed by atoms with Gasteiger partial charge in [0.1, 0.15) is 0 Å². The van der Waals surface area contributed by atoms with Gasteiger partial charge in [0.25, 0.3) is 11.8 Å². The zero-order valence-electron chi connectivity index (χ0n) is 13.9. The predicted octanol–water partition coefficient (Wildman–Crippen LogP) is 2.14. The van der Waals surface area contributed by atoms with Gasteiger partial charge in [-0.2, -0.15) is 0 Å². The first kappa shape index (κ1) is 15.6. The number of fused-ring (bicyclic) bond motifs is 2. The molecule has 126 valence electrons. The van der Waals surface area contributed by atoms with Crippen molar-refractivity contribution in [3.05, 3.63) is 71.3 Å². The molecule has 2 heterocycles. The highest BCUT2D eigenvalue weighted by Gasteiger charge is 2.52. The summed E-state index contributed by atoms with van der Waals surface area (Å²) in [7, 11) is 0. The summed E-state index contributed by atoms with van der Waals surface area (Å²) in [5, 5.41) is 2.95. The van der Waals surface area contributed by atoms with Crippen molar-refractivity contribution in [2.24, 2.45) is 5.41 Å². The molecule has 2 atom stereocenters. The van der Waals surface area contributed by atoms with Crippen LogP contribution in [0.15, 0.2) is 54.6 Å². The van der Waals surface area contributed by atoms with Crippen molar-refractivity contribution in [2.75, 3.05) is 13.1 Å². The minimum atomic E-state index is -0.827. The van der Waals surface area contributed by atoms with Crippen LogP contribution in [0.3, 0.4) is 0 Å². The maximum absolute atomic E-state index is 13.2. The van der Waals surface area contributed by atoms with E-state index in [1.807, 2.05) is 25.1 Å². The molecular weight excluding hydrogens is 316 g/mol. The normalized spacial score (nSPS) is 25.0. The van der Waals surface area contributed by atoms with Crippen molar-refractivity contribution in [2.45, 2.75) is 13.0 Å². The SMILES string of the molecule is C[C@]12CN(C(=O)c3ccccc3)C[C@H]1NC(=O)c1ccccc1C2=O. The van der Waals surface area contributed by atoms with Crippen LogP contribution < -0.4 is 5.32 Å². The van der Waals surface area contributed by atoms with Crippen LogP contribution in [0.4, 0.5) is 0 Å². The summed E-state index contributed by atoms with van der Waals surface area (Å²) >= 11 is 0. The van der Waals surface area contributed by atoms with E-state index in [-0.39, 0.29) is 17.6 Å². The highest BCUT2D eigenvalue weighted by atomic mass is 16.2. The number of nitrogens with one attached hydrogen (secondary N) is 1. The first-order valence-electron chi connectivity index (χ1n) is 8.30. The lowest BCUT2D eigenvalue weighted by molar-refractivity contribution is 0.0740. The van der Waals surface area contributed by atoms with E-state index >= 15 is 0 Å². The van der Waals surface area contributed by atoms with Crippen molar-refractivity contribution in [3.8, 4) is 0 Å². The molecule has 2 aromatic carbocycles. The Morgan fingerprint density at radius 1 is 1.04 bits per heavy atom. The molecule has 0 aromatic heterocycles. The third kappa shape index (κ3) is 2.35. The molecule has 0 saturated carbocycles. The van der Waals surface area contributed by atoms with E-state index in [9.17, 15) is 14.4 Å². The molecule has 0 bridgehead atoms. The monoisotopic (exact) mass is 334 g/mol. The zero-order valence-corrected chi connectivity index (χ0v) is 13.9. The van der Waals surface area contributed by atoms with Gasteiger partial charge in [-0.1, -0.05) is 36.4 Å². The Morgan fingerprint density at radius 3 is 2.40 bits per heavy atom. The Morgan fingerprint density at radius 2 is 1.68 bits per heavy atom. The minimum Gasteiger partial charge on any atom is -0.346 e. The number of amides is 2. The molecule has 1 fully saturated rings. The number of ketones is 1. The summed E-state index contributed by atoms with van der Waals surface area (Å²) in [6.45, 7) is 2.45. The highest BCUT2D eigenvalue weighted by molar-refractivity contribution is 6.13. The number of hydrogen-bond acceptors (Lipinski definition) is 3. The molecule has 1 saturated heterocycles. The van der Waals surface area contributed by atoms with Crippen molar-refractivity contribution in [1.82, 2.24) is 10.2 Å². The van der Waals surface area contributed by atoms with Crippen LogP contribution in [-0.4, -0.2) is 41.6 Å². The lowest BCUT2D eigenvalue weighted by Crippen LogP contribution is -2.47. The van der Waals surface area contributed by atoms with Gasteiger partial charge in [-0.3, -0.25) is 14.4 Å². The molecule has 4 rings (SSSR count). The first-order valence-corrected chi connectivity index (χ1v) is 8.30. The number of rotatable bonds is 1. The van der Waals surface area contributed by atoms with Crippen LogP contribution in [0.2, 0.25) is 0 Å². The fourth-order valence-corrected chi connectivity index (χ4v) is 3.77. The summed E-state index contributed by atoms with van der Waals surface area (Å²) in [4.78, 5) is 40.1. The van der Waals surface area contributed by atoms with Gasteiger partial charge in [0.15, 0.2) is 5.78 Å². The average Bonchev–Trinajstić information content (AvgIpc) is 2.95. The summed E-state index contributed by atoms with van der Waals surface area (Å²) in [5.74, 6) is -0.466. The topological polar surface area (TPSA) is 66.5 Å². The van der Waals surface area contributed by atoms with Crippen LogP contribution in [0.1, 0.15) is 38.0 Å². The standard InChI is InChI=1S/C20H18N2O3/c1-20-12-22(19(25)13-7-3-2-4-8-13)11-16(20)21-18(24)15-10-6-5-9-14(15)17(20)23/h2-10,16H,11-12H2,1H3,(H,21,24)/t16-,20+/m1/s1. The van der Waals surface area contributed by atoms with Crippen molar-refractivity contribution in [1.29, 1.82) is 0 Å². The second kappa shape index (κ2) is 5.55. The minimum absolute atomic E-state index is 0.0881. The number of likely N-dealkylation sites (tertiary alicyclic amines) is 1. The van der Waals surface area contributed by atoms with Gasteiger partial charge in [0.2, 0.25) is 0 Å². The van der Waals surface area contributed by atoms with Crippen molar-refractivity contribution < 1.29 is 14.4 Å². The average molecular weight is 334 g/mol. The van der Waals surface area contributed by atoms with Gasteiger partial charge in [0.05, 0.1) is 17.0 Å². The molecule has 0 aliphatic carbocycles. The van der Waals surface area contributed by atoms with Crippen LogP contribution in [0.25, 0.3) is 0 Å². The Bertz CT molecular complexity index is 878. The molecule has 1 N–H and O–H groups in total. The third-order valence-electron chi connectivity index (χ3n) is 5.24. The maximum Gasteiger partial charge on any atom is 0.253 e. The molecule has 0 unspecified atom stereocenters. The van der Waals surface area contributed by atoms with E-state index < -0.39 is 11.5 Å². The number of hydrogen-bond donors (Lipinski definition) is 1. The molecule has 2 amide bonds. The number of Topliss-reactive ketones (excluding diaryl/α,β-unsaturated/α-hetero) is 1. The Hall–Kier alpha value is -2.95. The van der Waals surface area contributed by atoms with Crippen LogP contribution in [0.5, 0.6) is 0 Å². The third-order valence-corrected chi connectivity index (χ3v) is 5.24. The highest BCUT2D eigenvalue weighted by Crippen LogP contribution is 2.37. The largest absolute Gasteiger partial charge is 0.346 e. The van der Waals surface area contributed by atoms with E-state index in [1.165, 1.54) is 0 Å². The lowest BCUT2D eigenvalue weighted by atomic mass is 9.78. The molecule has 2 aromatic rings. The van der Waals surface area contributed by atoms with Crippen LogP contribution >= 0.6 is 0 Å². The molecule has 5 nitrogen and oxygen atoms in total. The van der Waals surface area contributed by atoms with Gasteiger partial charge < -0.3 is 10.2 Å². The number of nitrogens with zero attached hydrogens (tertiary/aromatic N) is 1. The lowest BCUT2D eigenvalue weighted by Gasteiger charge is -2.26. The smallest absolute Gasteiger partial charge is 0.253 e. The summed E-state index contributed by atoms with van der Waals surface area (Å²) in [6.07, 6.45) is 0. The maximum atomic E-state index is 13.2. The van der Waals surface area contributed by atoms with Crippen molar-refractivity contribution in [3.63, 3.8) is 0 Å².